The number of hydrogen-bond donors (Lipinski definition) is 0. The van der Waals surface area contributed by atoms with Crippen LogP contribution in [-0.2, 0) is 11.3 Å². The van der Waals surface area contributed by atoms with E-state index in [4.69, 9.17) is 14.0 Å². The highest BCUT2D eigenvalue weighted by Gasteiger charge is 2.29. The Hall–Kier alpha value is -2.67. The molecule has 1 fully saturated rings. The molecule has 0 bridgehead atoms. The average Bonchev–Trinajstić information content (AvgIpc) is 3.20. The van der Waals surface area contributed by atoms with E-state index in [9.17, 15) is 9.59 Å². The van der Waals surface area contributed by atoms with Gasteiger partial charge in [0.15, 0.2) is 17.2 Å². The number of amides is 1. The summed E-state index contributed by atoms with van der Waals surface area (Å²) in [6.07, 6.45) is 3.93. The third kappa shape index (κ3) is 4.98. The first-order valence-corrected chi connectivity index (χ1v) is 9.58. The molecule has 1 aliphatic heterocycles. The van der Waals surface area contributed by atoms with Crippen LogP contribution in [0.5, 0.6) is 5.75 Å². The van der Waals surface area contributed by atoms with Crippen LogP contribution in [0.3, 0.4) is 0 Å². The predicted molar refractivity (Wildman–Crippen MR) is 102 cm³/mol. The Kier molecular flexibility index (Phi) is 6.81. The average molecular weight is 386 g/mol. The van der Waals surface area contributed by atoms with Crippen molar-refractivity contribution in [3.8, 4) is 5.75 Å². The lowest BCUT2D eigenvalue weighted by Crippen LogP contribution is -2.44. The number of hydrogen-bond acceptors (Lipinski definition) is 6. The van der Waals surface area contributed by atoms with E-state index >= 15 is 0 Å². The molecule has 150 valence electrons. The normalized spacial score (nSPS) is 16.8. The molecule has 1 aliphatic rings. The first kappa shape index (κ1) is 20.1. The Morgan fingerprint density at radius 1 is 1.25 bits per heavy atom. The van der Waals surface area contributed by atoms with E-state index in [1.807, 2.05) is 4.90 Å². The molecule has 7 heteroatoms. The van der Waals surface area contributed by atoms with Crippen molar-refractivity contribution in [1.29, 1.82) is 0 Å². The van der Waals surface area contributed by atoms with Crippen molar-refractivity contribution in [3.05, 3.63) is 47.3 Å². The molecule has 7 nitrogen and oxygen atoms in total. The SMILES string of the molecule is COCCC1CCCCN1C(=O)c1cc(COc2ccc(C(C)=O)cc2)on1. The fourth-order valence-corrected chi connectivity index (χ4v) is 3.39. The molecule has 28 heavy (non-hydrogen) atoms. The predicted octanol–water partition coefficient (Wildman–Crippen LogP) is 3.49. The highest BCUT2D eigenvalue weighted by molar-refractivity contribution is 5.94. The van der Waals surface area contributed by atoms with Crippen LogP contribution in [0.2, 0.25) is 0 Å². The van der Waals surface area contributed by atoms with Crippen LogP contribution in [0.4, 0.5) is 0 Å². The summed E-state index contributed by atoms with van der Waals surface area (Å²) in [5.74, 6) is 0.988. The second-order valence-electron chi connectivity index (χ2n) is 6.98. The van der Waals surface area contributed by atoms with Crippen molar-refractivity contribution in [3.63, 3.8) is 0 Å². The van der Waals surface area contributed by atoms with E-state index in [0.29, 0.717) is 29.4 Å². The molecule has 0 aliphatic carbocycles. The maximum atomic E-state index is 12.9. The fourth-order valence-electron chi connectivity index (χ4n) is 3.39. The maximum absolute atomic E-state index is 12.9. The summed E-state index contributed by atoms with van der Waals surface area (Å²) in [6.45, 7) is 3.04. The molecule has 1 amide bonds. The van der Waals surface area contributed by atoms with Gasteiger partial charge in [-0.15, -0.1) is 0 Å². The number of carbonyl (C=O) groups excluding carboxylic acids is 2. The van der Waals surface area contributed by atoms with Gasteiger partial charge in [0.2, 0.25) is 0 Å². The number of benzene rings is 1. The number of likely N-dealkylation sites (tertiary alicyclic amines) is 1. The number of Topliss-reactive ketones (excluding diaryl/α,β-unsaturated/α-hetero) is 1. The molecule has 0 saturated carbocycles. The Labute approximate surface area is 164 Å². The van der Waals surface area contributed by atoms with Crippen molar-refractivity contribution in [2.24, 2.45) is 0 Å². The van der Waals surface area contributed by atoms with Crippen LogP contribution in [0.15, 0.2) is 34.9 Å². The topological polar surface area (TPSA) is 81.9 Å². The summed E-state index contributed by atoms with van der Waals surface area (Å²) in [7, 11) is 1.67. The van der Waals surface area contributed by atoms with Gasteiger partial charge in [-0.05, 0) is 56.9 Å². The quantitative estimate of drug-likeness (QED) is 0.646. The number of carbonyl (C=O) groups is 2. The molecule has 1 aromatic heterocycles. The van der Waals surface area contributed by atoms with Gasteiger partial charge in [0, 0.05) is 37.9 Å². The van der Waals surface area contributed by atoms with Crippen LogP contribution in [0.1, 0.15) is 59.2 Å². The highest BCUT2D eigenvalue weighted by atomic mass is 16.5. The molecule has 3 rings (SSSR count). The van der Waals surface area contributed by atoms with Gasteiger partial charge in [0.05, 0.1) is 0 Å². The van der Waals surface area contributed by atoms with Crippen LogP contribution < -0.4 is 4.74 Å². The summed E-state index contributed by atoms with van der Waals surface area (Å²) in [4.78, 5) is 26.0. The summed E-state index contributed by atoms with van der Waals surface area (Å²) < 4.78 is 16.1. The third-order valence-electron chi connectivity index (χ3n) is 4.96. The molecule has 1 saturated heterocycles. The number of piperidine rings is 1. The van der Waals surface area contributed by atoms with Crippen molar-refractivity contribution in [1.82, 2.24) is 10.1 Å². The second kappa shape index (κ2) is 9.50. The number of ether oxygens (including phenoxy) is 2. The zero-order valence-corrected chi connectivity index (χ0v) is 16.3. The molecular weight excluding hydrogens is 360 g/mol. The molecule has 1 aromatic carbocycles. The molecule has 1 unspecified atom stereocenters. The second-order valence-corrected chi connectivity index (χ2v) is 6.98. The lowest BCUT2D eigenvalue weighted by Gasteiger charge is -2.35. The lowest BCUT2D eigenvalue weighted by atomic mass is 9.99. The van der Waals surface area contributed by atoms with Crippen molar-refractivity contribution in [2.45, 2.75) is 45.3 Å². The lowest BCUT2D eigenvalue weighted by molar-refractivity contribution is 0.0543. The number of ketones is 1. The first-order chi connectivity index (χ1) is 13.6. The minimum Gasteiger partial charge on any atom is -0.486 e. The van der Waals surface area contributed by atoms with E-state index in [1.165, 1.54) is 6.92 Å². The van der Waals surface area contributed by atoms with Gasteiger partial charge in [0.25, 0.3) is 5.91 Å². The summed E-state index contributed by atoms with van der Waals surface area (Å²) in [5.41, 5.74) is 0.930. The Morgan fingerprint density at radius 3 is 2.75 bits per heavy atom. The zero-order chi connectivity index (χ0) is 19.9. The Balaban J connectivity index is 1.59. The molecule has 1 atom stereocenters. The minimum absolute atomic E-state index is 0.00598. The largest absolute Gasteiger partial charge is 0.486 e. The summed E-state index contributed by atoms with van der Waals surface area (Å²) >= 11 is 0. The van der Waals surface area contributed by atoms with Gasteiger partial charge in [0.1, 0.15) is 12.4 Å². The number of methoxy groups -OCH3 is 1. The minimum atomic E-state index is -0.110. The number of rotatable bonds is 8. The van der Waals surface area contributed by atoms with Crippen molar-refractivity contribution >= 4 is 11.7 Å². The molecule has 0 radical (unpaired) electrons. The Morgan fingerprint density at radius 2 is 2.04 bits per heavy atom. The van der Waals surface area contributed by atoms with E-state index in [-0.39, 0.29) is 24.3 Å². The van der Waals surface area contributed by atoms with Crippen LogP contribution in [0, 0.1) is 0 Å². The van der Waals surface area contributed by atoms with E-state index in [0.717, 1.165) is 32.2 Å². The van der Waals surface area contributed by atoms with Gasteiger partial charge >= 0.3 is 0 Å². The first-order valence-electron chi connectivity index (χ1n) is 9.58. The van der Waals surface area contributed by atoms with Gasteiger partial charge in [-0.25, -0.2) is 0 Å². The van der Waals surface area contributed by atoms with Gasteiger partial charge < -0.3 is 18.9 Å². The third-order valence-corrected chi connectivity index (χ3v) is 4.96. The van der Waals surface area contributed by atoms with E-state index in [2.05, 4.69) is 5.16 Å². The molecular formula is C21H26N2O5. The number of nitrogens with zero attached hydrogens (tertiary/aromatic N) is 2. The van der Waals surface area contributed by atoms with Gasteiger partial charge in [-0.2, -0.15) is 0 Å². The van der Waals surface area contributed by atoms with Crippen molar-refractivity contribution < 1.29 is 23.6 Å². The summed E-state index contributed by atoms with van der Waals surface area (Å²) in [6, 6.07) is 8.69. The maximum Gasteiger partial charge on any atom is 0.276 e. The zero-order valence-electron chi connectivity index (χ0n) is 16.3. The van der Waals surface area contributed by atoms with Gasteiger partial charge in [-0.1, -0.05) is 5.16 Å². The van der Waals surface area contributed by atoms with Crippen LogP contribution in [0.25, 0.3) is 0 Å². The molecule has 0 spiro atoms. The van der Waals surface area contributed by atoms with Crippen LogP contribution >= 0.6 is 0 Å². The Bertz CT molecular complexity index is 799. The molecule has 0 N–H and O–H groups in total. The molecule has 2 aromatic rings. The van der Waals surface area contributed by atoms with Crippen molar-refractivity contribution in [2.75, 3.05) is 20.3 Å². The van der Waals surface area contributed by atoms with E-state index in [1.54, 1.807) is 37.4 Å². The number of aromatic nitrogens is 1. The highest BCUT2D eigenvalue weighted by Crippen LogP contribution is 2.22. The standard InChI is InChI=1S/C21H26N2O5/c1-15(24)16-6-8-18(9-7-16)27-14-19-13-20(22-28-19)21(25)23-11-4-3-5-17(23)10-12-26-2/h6-9,13,17H,3-5,10-12,14H2,1-2H3. The van der Waals surface area contributed by atoms with E-state index < -0.39 is 0 Å². The van der Waals surface area contributed by atoms with Crippen LogP contribution in [-0.4, -0.2) is 48.1 Å². The molecule has 2 heterocycles. The fraction of sp³-hybridized carbons (Fsp3) is 0.476. The monoisotopic (exact) mass is 386 g/mol. The van der Waals surface area contributed by atoms with Gasteiger partial charge in [-0.3, -0.25) is 9.59 Å². The smallest absolute Gasteiger partial charge is 0.276 e. The summed E-state index contributed by atoms with van der Waals surface area (Å²) in [5, 5.41) is 3.93.